The maximum Gasteiger partial charge on any atom is 0.303 e. The fraction of sp³-hybridized carbons (Fsp3) is 0.565. The van der Waals surface area contributed by atoms with Crippen LogP contribution in [0.3, 0.4) is 0 Å². The Morgan fingerprint density at radius 2 is 1.90 bits per heavy atom. The minimum atomic E-state index is -0.713. The van der Waals surface area contributed by atoms with Crippen molar-refractivity contribution in [2.75, 3.05) is 0 Å². The van der Waals surface area contributed by atoms with Gasteiger partial charge in [-0.2, -0.15) is 0 Å². The molecule has 0 spiro atoms. The van der Waals surface area contributed by atoms with Gasteiger partial charge >= 0.3 is 5.97 Å². The van der Waals surface area contributed by atoms with Gasteiger partial charge in [0.15, 0.2) is 0 Å². The van der Waals surface area contributed by atoms with Crippen LogP contribution >= 0.6 is 11.3 Å². The summed E-state index contributed by atoms with van der Waals surface area (Å²) in [7, 11) is 0. The molecule has 2 aromatic rings. The van der Waals surface area contributed by atoms with E-state index >= 15 is 0 Å². The van der Waals surface area contributed by atoms with Gasteiger partial charge in [0.1, 0.15) is 5.75 Å². The first kappa shape index (κ1) is 20.2. The van der Waals surface area contributed by atoms with Crippen molar-refractivity contribution < 1.29 is 19.8 Å². The van der Waals surface area contributed by atoms with E-state index in [1.54, 1.807) is 12.1 Å². The molecular formula is C23H29NO4S. The van der Waals surface area contributed by atoms with Crippen LogP contribution in [0.4, 0.5) is 0 Å². The summed E-state index contributed by atoms with van der Waals surface area (Å²) in [4.78, 5) is 23.7. The summed E-state index contributed by atoms with van der Waals surface area (Å²) in [6.07, 6.45) is 8.97. The second-order valence-corrected chi connectivity index (χ2v) is 9.58. The van der Waals surface area contributed by atoms with Crippen LogP contribution in [-0.2, 0) is 4.79 Å². The number of carbonyl (C=O) groups is 2. The molecule has 1 amide bonds. The van der Waals surface area contributed by atoms with Crippen LogP contribution in [0.5, 0.6) is 5.75 Å². The van der Waals surface area contributed by atoms with Crippen LogP contribution in [-0.4, -0.2) is 28.1 Å². The molecule has 2 saturated carbocycles. The summed E-state index contributed by atoms with van der Waals surface area (Å²) >= 11 is 1.53. The summed E-state index contributed by atoms with van der Waals surface area (Å²) in [5.41, 5.74) is 0.663. The van der Waals surface area contributed by atoms with Crippen molar-refractivity contribution in [3.63, 3.8) is 0 Å². The molecular weight excluding hydrogens is 386 g/mol. The first-order valence-corrected chi connectivity index (χ1v) is 11.6. The number of carbonyl (C=O) groups excluding carboxylic acids is 1. The predicted octanol–water partition coefficient (Wildman–Crippen LogP) is 5.18. The Hall–Kier alpha value is -2.08. The van der Waals surface area contributed by atoms with Gasteiger partial charge in [-0.25, -0.2) is 0 Å². The molecule has 1 aromatic carbocycles. The predicted molar refractivity (Wildman–Crippen MR) is 114 cm³/mol. The topological polar surface area (TPSA) is 86.6 Å². The van der Waals surface area contributed by atoms with Gasteiger partial charge < -0.3 is 15.5 Å². The first-order valence-electron chi connectivity index (χ1n) is 10.8. The number of phenols is 1. The Labute approximate surface area is 175 Å². The van der Waals surface area contributed by atoms with Gasteiger partial charge in [-0.3, -0.25) is 9.59 Å². The Balaban J connectivity index is 1.36. The lowest BCUT2D eigenvalue weighted by Gasteiger charge is -2.32. The van der Waals surface area contributed by atoms with Crippen LogP contribution in [0.1, 0.15) is 68.1 Å². The number of aliphatic carboxylic acids is 1. The second kappa shape index (κ2) is 8.74. The van der Waals surface area contributed by atoms with E-state index in [-0.39, 0.29) is 24.1 Å². The Kier molecular flexibility index (Phi) is 6.09. The van der Waals surface area contributed by atoms with Crippen molar-refractivity contribution in [3.8, 4) is 5.75 Å². The lowest BCUT2D eigenvalue weighted by atomic mass is 9.81. The van der Waals surface area contributed by atoms with E-state index in [9.17, 15) is 14.7 Å². The van der Waals surface area contributed by atoms with Crippen LogP contribution in [0.15, 0.2) is 23.6 Å². The van der Waals surface area contributed by atoms with E-state index in [1.807, 2.05) is 11.4 Å². The third-order valence-electron chi connectivity index (χ3n) is 6.87. The quantitative estimate of drug-likeness (QED) is 0.493. The number of carboxylic acid groups (broad SMARTS) is 1. The molecule has 3 N–H and O–H groups in total. The summed E-state index contributed by atoms with van der Waals surface area (Å²) < 4.78 is 1.01. The Morgan fingerprint density at radius 3 is 2.72 bits per heavy atom. The Bertz CT molecular complexity index is 892. The molecule has 4 atom stereocenters. The van der Waals surface area contributed by atoms with Gasteiger partial charge in [0.2, 0.25) is 0 Å². The van der Waals surface area contributed by atoms with E-state index < -0.39 is 5.97 Å². The molecule has 2 aliphatic carbocycles. The van der Waals surface area contributed by atoms with Gasteiger partial charge in [0.05, 0.1) is 5.56 Å². The van der Waals surface area contributed by atoms with Crippen molar-refractivity contribution in [3.05, 3.63) is 29.1 Å². The van der Waals surface area contributed by atoms with Gasteiger partial charge in [-0.1, -0.05) is 19.3 Å². The van der Waals surface area contributed by atoms with Crippen molar-refractivity contribution in [2.45, 2.75) is 63.8 Å². The van der Waals surface area contributed by atoms with E-state index in [2.05, 4.69) is 5.32 Å². The fourth-order valence-electron chi connectivity index (χ4n) is 5.48. The summed E-state index contributed by atoms with van der Waals surface area (Å²) in [6, 6.07) is 5.43. The van der Waals surface area contributed by atoms with Gasteiger partial charge in [0.25, 0.3) is 5.91 Å². The molecule has 4 rings (SSSR count). The van der Waals surface area contributed by atoms with Crippen molar-refractivity contribution in [1.29, 1.82) is 0 Å². The smallest absolute Gasteiger partial charge is 0.303 e. The number of aromatic hydroxyl groups is 1. The number of amides is 1. The molecule has 2 bridgehead atoms. The molecule has 29 heavy (non-hydrogen) atoms. The second-order valence-electron chi connectivity index (χ2n) is 8.67. The number of hydrogen-bond donors (Lipinski definition) is 3. The Morgan fingerprint density at radius 1 is 1.10 bits per heavy atom. The zero-order chi connectivity index (χ0) is 20.4. The van der Waals surface area contributed by atoms with Crippen molar-refractivity contribution in [2.24, 2.45) is 17.8 Å². The molecule has 156 valence electrons. The average molecular weight is 416 g/mol. The maximum absolute atomic E-state index is 13.0. The number of rotatable bonds is 9. The highest BCUT2D eigenvalue weighted by Crippen LogP contribution is 2.50. The van der Waals surface area contributed by atoms with Crippen LogP contribution in [0, 0.1) is 17.8 Å². The number of thiophene rings is 1. The number of fused-ring (bicyclic) bond motifs is 3. The van der Waals surface area contributed by atoms with E-state index in [0.717, 1.165) is 42.2 Å². The average Bonchev–Trinajstić information content (AvgIpc) is 3.39. The SMILES string of the molecule is O=C(O)CCCCCCC1C2CC[C@H](C2)C1NC(=O)c1csc2ccc(O)cc12. The molecule has 3 unspecified atom stereocenters. The molecule has 2 aliphatic rings. The number of nitrogens with one attached hydrogen (secondary N) is 1. The zero-order valence-electron chi connectivity index (χ0n) is 16.6. The summed E-state index contributed by atoms with van der Waals surface area (Å²) in [6.45, 7) is 0. The molecule has 0 saturated heterocycles. The van der Waals surface area contributed by atoms with Crippen LogP contribution in [0.2, 0.25) is 0 Å². The molecule has 0 radical (unpaired) electrons. The molecule has 6 heteroatoms. The monoisotopic (exact) mass is 415 g/mol. The molecule has 1 heterocycles. The highest BCUT2D eigenvalue weighted by Gasteiger charge is 2.47. The standard InChI is InChI=1S/C23H29NO4S/c25-16-9-10-20-18(12-16)19(13-29-20)23(28)24-22-15-8-7-14(11-15)17(22)5-3-1-2-4-6-21(26)27/h9-10,12-15,17,22,25H,1-8,11H2,(H,24,28)(H,26,27)/t14?,15-,17?,22?/m1/s1. The summed E-state index contributed by atoms with van der Waals surface area (Å²) in [5.74, 6) is 1.29. The number of phenolic OH excluding ortho intramolecular Hbond substituents is 1. The number of hydrogen-bond acceptors (Lipinski definition) is 4. The first-order chi connectivity index (χ1) is 14.0. The minimum absolute atomic E-state index is 0.0224. The molecule has 2 fully saturated rings. The van der Waals surface area contributed by atoms with Gasteiger partial charge in [-0.15, -0.1) is 11.3 Å². The number of benzene rings is 1. The van der Waals surface area contributed by atoms with Crippen molar-refractivity contribution in [1.82, 2.24) is 5.32 Å². The molecule has 5 nitrogen and oxygen atoms in total. The highest BCUT2D eigenvalue weighted by molar-refractivity contribution is 7.17. The van der Waals surface area contributed by atoms with Gasteiger partial charge in [-0.05, 0) is 68.1 Å². The van der Waals surface area contributed by atoms with Gasteiger partial charge in [0, 0.05) is 27.9 Å². The lowest BCUT2D eigenvalue weighted by molar-refractivity contribution is -0.137. The highest BCUT2D eigenvalue weighted by atomic mass is 32.1. The van der Waals surface area contributed by atoms with Crippen molar-refractivity contribution >= 4 is 33.3 Å². The van der Waals surface area contributed by atoms with E-state index in [1.165, 1.54) is 30.6 Å². The minimum Gasteiger partial charge on any atom is -0.508 e. The third-order valence-corrected chi connectivity index (χ3v) is 7.83. The largest absolute Gasteiger partial charge is 0.508 e. The fourth-order valence-corrected chi connectivity index (χ4v) is 6.40. The summed E-state index contributed by atoms with van der Waals surface area (Å²) in [5, 5.41) is 24.6. The maximum atomic E-state index is 13.0. The lowest BCUT2D eigenvalue weighted by Crippen LogP contribution is -2.44. The van der Waals surface area contributed by atoms with Crippen LogP contribution < -0.4 is 5.32 Å². The molecule has 0 aliphatic heterocycles. The zero-order valence-corrected chi connectivity index (χ0v) is 17.4. The van der Waals surface area contributed by atoms with E-state index in [0.29, 0.717) is 23.3 Å². The normalized spacial score (nSPS) is 25.5. The van der Waals surface area contributed by atoms with E-state index in [4.69, 9.17) is 5.11 Å². The molecule has 1 aromatic heterocycles. The number of unbranched alkanes of at least 4 members (excludes halogenated alkanes) is 3. The third kappa shape index (κ3) is 4.42. The van der Waals surface area contributed by atoms with Crippen LogP contribution in [0.25, 0.3) is 10.1 Å². The number of carboxylic acids is 1.